The number of nitrogens with zero attached hydrogens (tertiary/aromatic N) is 2. The average Bonchev–Trinajstić information content (AvgIpc) is 2.69. The lowest BCUT2D eigenvalue weighted by molar-refractivity contribution is 0.133. The van der Waals surface area contributed by atoms with Crippen LogP contribution in [0, 0.1) is 0 Å². The van der Waals surface area contributed by atoms with Crippen LogP contribution >= 0.6 is 12.4 Å². The highest BCUT2D eigenvalue weighted by Gasteiger charge is 2.13. The topological polar surface area (TPSA) is 24.9 Å². The van der Waals surface area contributed by atoms with Crippen LogP contribution in [0.25, 0.3) is 0 Å². The highest BCUT2D eigenvalue weighted by atomic mass is 35.5. The molecule has 0 atom stereocenters. The van der Waals surface area contributed by atoms with Crippen molar-refractivity contribution in [2.75, 3.05) is 53.5 Å². The van der Waals surface area contributed by atoms with Gasteiger partial charge in [-0.15, -0.1) is 12.4 Å². The van der Waals surface area contributed by atoms with Gasteiger partial charge in [-0.1, -0.05) is 30.3 Å². The van der Waals surface area contributed by atoms with Gasteiger partial charge < -0.3 is 14.4 Å². The predicted octanol–water partition coefficient (Wildman–Crippen LogP) is 3.53. The number of benzene rings is 2. The molecular weight excluding hydrogens is 360 g/mol. The van der Waals surface area contributed by atoms with Gasteiger partial charge in [0.15, 0.2) is 0 Å². The fraction of sp³-hybridized carbons (Fsp3) is 0.455. The summed E-state index contributed by atoms with van der Waals surface area (Å²) in [5.41, 5.74) is 2.56. The summed E-state index contributed by atoms with van der Waals surface area (Å²) < 4.78 is 11.4. The van der Waals surface area contributed by atoms with Crippen molar-refractivity contribution in [3.63, 3.8) is 0 Å². The molecule has 4 nitrogen and oxygen atoms in total. The summed E-state index contributed by atoms with van der Waals surface area (Å²) >= 11 is 0. The van der Waals surface area contributed by atoms with Crippen LogP contribution in [-0.4, -0.2) is 63.3 Å². The van der Waals surface area contributed by atoms with Crippen molar-refractivity contribution >= 4 is 12.4 Å². The van der Waals surface area contributed by atoms with Crippen molar-refractivity contribution in [2.45, 2.75) is 12.8 Å². The second kappa shape index (κ2) is 11.2. The molecule has 0 unspecified atom stereocenters. The summed E-state index contributed by atoms with van der Waals surface area (Å²) in [5, 5.41) is 0. The highest BCUT2D eigenvalue weighted by Crippen LogP contribution is 2.21. The van der Waals surface area contributed by atoms with Crippen LogP contribution in [0.2, 0.25) is 0 Å². The highest BCUT2D eigenvalue weighted by molar-refractivity contribution is 5.85. The number of hydrogen-bond donors (Lipinski definition) is 0. The Hall–Kier alpha value is -1.75. The Morgan fingerprint density at radius 3 is 2.48 bits per heavy atom. The Morgan fingerprint density at radius 1 is 0.926 bits per heavy atom. The maximum atomic E-state index is 6.12. The van der Waals surface area contributed by atoms with E-state index >= 15 is 0 Å². The lowest BCUT2D eigenvalue weighted by Gasteiger charge is -2.32. The zero-order valence-corrected chi connectivity index (χ0v) is 17.2. The van der Waals surface area contributed by atoms with Gasteiger partial charge in [-0.05, 0) is 49.2 Å². The molecule has 148 valence electrons. The molecule has 0 saturated carbocycles. The number of para-hydroxylation sites is 1. The molecular formula is C22H31ClN2O2. The van der Waals surface area contributed by atoms with Crippen LogP contribution in [0.4, 0.5) is 0 Å². The maximum absolute atomic E-state index is 6.12. The molecule has 0 aliphatic carbocycles. The Kier molecular flexibility index (Phi) is 8.92. The van der Waals surface area contributed by atoms with Crippen molar-refractivity contribution in [2.24, 2.45) is 0 Å². The monoisotopic (exact) mass is 390 g/mol. The summed E-state index contributed by atoms with van der Waals surface area (Å²) in [7, 11) is 3.90. The first-order chi connectivity index (χ1) is 12.7. The number of hydrogen-bond acceptors (Lipinski definition) is 4. The SMILES string of the molecule is COc1cccc(CCc2ccccc2OCCN2CCN(C)CC2)c1.Cl. The summed E-state index contributed by atoms with van der Waals surface area (Å²) in [5.74, 6) is 1.93. The molecule has 5 heteroatoms. The fourth-order valence-corrected chi connectivity index (χ4v) is 3.31. The Labute approximate surface area is 169 Å². The minimum atomic E-state index is 0. The first-order valence-corrected chi connectivity index (χ1v) is 9.49. The zero-order valence-electron chi connectivity index (χ0n) is 16.4. The molecule has 0 N–H and O–H groups in total. The van der Waals surface area contributed by atoms with Gasteiger partial charge in [0.2, 0.25) is 0 Å². The smallest absolute Gasteiger partial charge is 0.122 e. The average molecular weight is 391 g/mol. The molecule has 0 aromatic heterocycles. The quantitative estimate of drug-likeness (QED) is 0.688. The number of aryl methyl sites for hydroxylation is 2. The molecule has 1 heterocycles. The third-order valence-corrected chi connectivity index (χ3v) is 5.05. The summed E-state index contributed by atoms with van der Waals surface area (Å²) in [6, 6.07) is 16.7. The molecule has 27 heavy (non-hydrogen) atoms. The molecule has 1 saturated heterocycles. The fourth-order valence-electron chi connectivity index (χ4n) is 3.31. The normalized spacial score (nSPS) is 15.2. The van der Waals surface area contributed by atoms with Crippen LogP contribution in [0.15, 0.2) is 48.5 Å². The molecule has 2 aromatic carbocycles. The van der Waals surface area contributed by atoms with Gasteiger partial charge in [-0.2, -0.15) is 0 Å². The molecule has 0 radical (unpaired) electrons. The number of likely N-dealkylation sites (N-methyl/N-ethyl adjacent to an activating group) is 1. The summed E-state index contributed by atoms with van der Waals surface area (Å²) in [6.45, 7) is 6.32. The van der Waals surface area contributed by atoms with Crippen molar-refractivity contribution in [3.05, 3.63) is 59.7 Å². The van der Waals surface area contributed by atoms with E-state index in [2.05, 4.69) is 53.2 Å². The van der Waals surface area contributed by atoms with E-state index in [0.29, 0.717) is 0 Å². The van der Waals surface area contributed by atoms with E-state index in [-0.39, 0.29) is 12.4 Å². The van der Waals surface area contributed by atoms with Gasteiger partial charge in [-0.3, -0.25) is 4.90 Å². The van der Waals surface area contributed by atoms with E-state index in [9.17, 15) is 0 Å². The molecule has 0 amide bonds. The molecule has 1 aliphatic heterocycles. The van der Waals surface area contributed by atoms with Crippen LogP contribution in [-0.2, 0) is 12.8 Å². The Morgan fingerprint density at radius 2 is 1.70 bits per heavy atom. The first-order valence-electron chi connectivity index (χ1n) is 9.49. The van der Waals surface area contributed by atoms with E-state index in [0.717, 1.165) is 63.7 Å². The number of ether oxygens (including phenoxy) is 2. The largest absolute Gasteiger partial charge is 0.497 e. The summed E-state index contributed by atoms with van der Waals surface area (Å²) in [4.78, 5) is 4.87. The molecule has 0 spiro atoms. The van der Waals surface area contributed by atoms with Crippen molar-refractivity contribution < 1.29 is 9.47 Å². The predicted molar refractivity (Wildman–Crippen MR) is 114 cm³/mol. The zero-order chi connectivity index (χ0) is 18.2. The van der Waals surface area contributed by atoms with Crippen molar-refractivity contribution in [1.29, 1.82) is 0 Å². The van der Waals surface area contributed by atoms with Gasteiger partial charge in [0.05, 0.1) is 7.11 Å². The lowest BCUT2D eigenvalue weighted by atomic mass is 10.0. The van der Waals surface area contributed by atoms with Crippen LogP contribution in [0.1, 0.15) is 11.1 Å². The van der Waals surface area contributed by atoms with Crippen LogP contribution in [0.3, 0.4) is 0 Å². The van der Waals surface area contributed by atoms with Crippen molar-refractivity contribution in [3.8, 4) is 11.5 Å². The molecule has 2 aromatic rings. The van der Waals surface area contributed by atoms with E-state index < -0.39 is 0 Å². The van der Waals surface area contributed by atoms with Gasteiger partial charge in [0.25, 0.3) is 0 Å². The van der Waals surface area contributed by atoms with Crippen molar-refractivity contribution in [1.82, 2.24) is 9.80 Å². The minimum Gasteiger partial charge on any atom is -0.497 e. The second-order valence-electron chi connectivity index (χ2n) is 6.95. The van der Waals surface area contributed by atoms with Crippen LogP contribution < -0.4 is 9.47 Å². The number of rotatable bonds is 8. The molecule has 1 aliphatic rings. The minimum absolute atomic E-state index is 0. The van der Waals surface area contributed by atoms with Gasteiger partial charge in [-0.25, -0.2) is 0 Å². The number of halogens is 1. The number of piperazine rings is 1. The third kappa shape index (κ3) is 6.73. The van der Waals surface area contributed by atoms with E-state index in [1.54, 1.807) is 7.11 Å². The first kappa shape index (κ1) is 21.5. The third-order valence-electron chi connectivity index (χ3n) is 5.05. The van der Waals surface area contributed by atoms with E-state index in [4.69, 9.17) is 9.47 Å². The number of methoxy groups -OCH3 is 1. The van der Waals surface area contributed by atoms with Gasteiger partial charge in [0, 0.05) is 32.7 Å². The standard InChI is InChI=1S/C22H30N2O2.ClH/c1-23-12-14-24(15-13-23)16-17-26-22-9-4-3-7-20(22)11-10-19-6-5-8-21(18-19)25-2;/h3-9,18H,10-17H2,1-2H3;1H. The maximum Gasteiger partial charge on any atom is 0.122 e. The second-order valence-corrected chi connectivity index (χ2v) is 6.95. The molecule has 0 bridgehead atoms. The van der Waals surface area contributed by atoms with E-state index in [1.807, 2.05) is 12.1 Å². The Balaban J connectivity index is 0.00000261. The van der Waals surface area contributed by atoms with Gasteiger partial charge in [0.1, 0.15) is 18.1 Å². The molecule has 3 rings (SSSR count). The van der Waals surface area contributed by atoms with E-state index in [1.165, 1.54) is 11.1 Å². The Bertz CT molecular complexity index is 688. The molecule has 1 fully saturated rings. The summed E-state index contributed by atoms with van der Waals surface area (Å²) in [6.07, 6.45) is 1.95. The van der Waals surface area contributed by atoms with Crippen LogP contribution in [0.5, 0.6) is 11.5 Å². The van der Waals surface area contributed by atoms with Gasteiger partial charge >= 0.3 is 0 Å². The lowest BCUT2D eigenvalue weighted by Crippen LogP contribution is -2.45.